The molecule has 2 heterocycles. The molecule has 5 rings (SSSR count). The first kappa shape index (κ1) is 31.4. The van der Waals surface area contributed by atoms with E-state index in [1.807, 2.05) is 56.3 Å². The smallest absolute Gasteiger partial charge is 0.269 e. The second kappa shape index (κ2) is 14.7. The van der Waals surface area contributed by atoms with Crippen molar-refractivity contribution in [3.63, 3.8) is 0 Å². The van der Waals surface area contributed by atoms with Crippen LogP contribution in [0.25, 0.3) is 0 Å². The van der Waals surface area contributed by atoms with Crippen LogP contribution in [0.5, 0.6) is 0 Å². The van der Waals surface area contributed by atoms with Gasteiger partial charge in [0, 0.05) is 49.9 Å². The molecular weight excluding hydrogens is 593 g/mol. The van der Waals surface area contributed by atoms with E-state index >= 15 is 0 Å². The molecule has 0 spiro atoms. The summed E-state index contributed by atoms with van der Waals surface area (Å²) in [6.07, 6.45) is 1.37. The van der Waals surface area contributed by atoms with E-state index in [0.717, 1.165) is 43.3 Å². The molecule has 0 saturated carbocycles. The van der Waals surface area contributed by atoms with Crippen molar-refractivity contribution >= 4 is 34.9 Å². The zero-order valence-corrected chi connectivity index (χ0v) is 26.3. The zero-order valence-electron chi connectivity index (χ0n) is 24.8. The molecule has 0 radical (unpaired) electrons. The molecule has 1 aromatic heterocycles. The predicted molar refractivity (Wildman–Crippen MR) is 174 cm³/mol. The third-order valence-corrected chi connectivity index (χ3v) is 8.08. The number of piperazine rings is 1. The molecule has 1 saturated heterocycles. The molecule has 0 aliphatic carbocycles. The fourth-order valence-electron chi connectivity index (χ4n) is 5.43. The summed E-state index contributed by atoms with van der Waals surface area (Å²) < 4.78 is 0. The lowest BCUT2D eigenvalue weighted by Gasteiger charge is -2.40. The molecule has 1 fully saturated rings. The number of rotatable bonds is 10. The highest BCUT2D eigenvalue weighted by atomic mass is 35.5. The van der Waals surface area contributed by atoms with Crippen molar-refractivity contribution in [1.82, 2.24) is 25.2 Å². The average molecular weight is 629 g/mol. The first-order chi connectivity index (χ1) is 21.3. The van der Waals surface area contributed by atoms with E-state index in [0.29, 0.717) is 17.9 Å². The van der Waals surface area contributed by atoms with Gasteiger partial charge in [0.2, 0.25) is 5.82 Å². The summed E-state index contributed by atoms with van der Waals surface area (Å²) in [5, 5.41) is 11.8. The summed E-state index contributed by atoms with van der Waals surface area (Å²) in [6.45, 7) is 9.06. The summed E-state index contributed by atoms with van der Waals surface area (Å²) in [5.74, 6) is 0.191. The van der Waals surface area contributed by atoms with Crippen molar-refractivity contribution in [2.24, 2.45) is 5.92 Å². The number of hydrogen-bond acceptors (Lipinski definition) is 7. The largest absolute Gasteiger partial charge is 0.297 e. The van der Waals surface area contributed by atoms with Gasteiger partial charge in [-0.2, -0.15) is 10.2 Å². The van der Waals surface area contributed by atoms with Gasteiger partial charge in [0.25, 0.3) is 5.91 Å². The van der Waals surface area contributed by atoms with Crippen LogP contribution in [-0.2, 0) is 6.54 Å². The quantitative estimate of drug-likeness (QED) is 0.204. The molecule has 3 aromatic carbocycles. The Kier molecular flexibility index (Phi) is 10.5. The third kappa shape index (κ3) is 7.93. The molecule has 226 valence electrons. The molecule has 0 bridgehead atoms. The Morgan fingerprint density at radius 1 is 0.955 bits per heavy atom. The van der Waals surface area contributed by atoms with E-state index < -0.39 is 0 Å². The summed E-state index contributed by atoms with van der Waals surface area (Å²) in [5.41, 5.74) is 7.08. The Morgan fingerprint density at radius 2 is 1.61 bits per heavy atom. The summed E-state index contributed by atoms with van der Waals surface area (Å²) in [4.78, 5) is 26.3. The predicted octanol–water partition coefficient (Wildman–Crippen LogP) is 6.37. The molecule has 1 aliphatic heterocycles. The maximum absolute atomic E-state index is 13.2. The number of halogens is 2. The highest BCUT2D eigenvalue weighted by Gasteiger charge is 2.26. The molecule has 1 aliphatic rings. The number of nitrogens with zero attached hydrogens (tertiary/aromatic N) is 6. The number of carbonyl (C=O) groups is 1. The van der Waals surface area contributed by atoms with Crippen molar-refractivity contribution in [2.45, 2.75) is 26.4 Å². The Balaban J connectivity index is 1.21. The highest BCUT2D eigenvalue weighted by molar-refractivity contribution is 6.32. The van der Waals surface area contributed by atoms with Gasteiger partial charge in [-0.1, -0.05) is 91.6 Å². The maximum Gasteiger partial charge on any atom is 0.269 e. The van der Waals surface area contributed by atoms with Crippen LogP contribution >= 0.6 is 23.2 Å². The number of amides is 1. The zero-order chi connectivity index (χ0) is 31.1. The molecule has 8 nitrogen and oxygen atoms in total. The van der Waals surface area contributed by atoms with Gasteiger partial charge in [0.05, 0.1) is 12.2 Å². The normalized spacial score (nSPS) is 14.6. The average Bonchev–Trinajstić information content (AvgIpc) is 3.03. The Bertz CT molecular complexity index is 1580. The summed E-state index contributed by atoms with van der Waals surface area (Å²) in [6, 6.07) is 28.6. The van der Waals surface area contributed by atoms with E-state index in [4.69, 9.17) is 23.2 Å². The van der Waals surface area contributed by atoms with Crippen molar-refractivity contribution in [3.8, 4) is 6.07 Å². The lowest BCUT2D eigenvalue weighted by atomic mass is 9.96. The van der Waals surface area contributed by atoms with Crippen LogP contribution < -0.4 is 10.4 Å². The van der Waals surface area contributed by atoms with E-state index in [1.165, 1.54) is 17.3 Å². The SMILES string of the molecule is CC(C)CN(NC(=O)c1ccc(CN2CCN(C(c3ccccc3)c3ccc(Cl)cc3)CC2)cc1)c1nc(C#N)ncc1Cl. The number of anilines is 1. The van der Waals surface area contributed by atoms with E-state index in [9.17, 15) is 10.1 Å². The molecule has 1 amide bonds. The minimum Gasteiger partial charge on any atom is -0.297 e. The van der Waals surface area contributed by atoms with Gasteiger partial charge in [0.1, 0.15) is 11.1 Å². The number of carbonyl (C=O) groups excluding carboxylic acids is 1. The van der Waals surface area contributed by atoms with E-state index in [1.54, 1.807) is 5.01 Å². The first-order valence-electron chi connectivity index (χ1n) is 14.7. The van der Waals surface area contributed by atoms with Gasteiger partial charge in [-0.05, 0) is 46.9 Å². The summed E-state index contributed by atoms with van der Waals surface area (Å²) in [7, 11) is 0. The van der Waals surface area contributed by atoms with Crippen LogP contribution in [0.15, 0.2) is 85.1 Å². The molecule has 44 heavy (non-hydrogen) atoms. The molecule has 1 atom stereocenters. The highest BCUT2D eigenvalue weighted by Crippen LogP contribution is 2.30. The van der Waals surface area contributed by atoms with Crippen LogP contribution in [0.3, 0.4) is 0 Å². The first-order valence-corrected chi connectivity index (χ1v) is 15.4. The van der Waals surface area contributed by atoms with Crippen LogP contribution in [0.1, 0.15) is 52.8 Å². The lowest BCUT2D eigenvalue weighted by molar-refractivity contribution is 0.0947. The molecule has 4 aromatic rings. The minimum absolute atomic E-state index is 0.0156. The van der Waals surface area contributed by atoms with Crippen LogP contribution in [0, 0.1) is 17.2 Å². The number of hydrazine groups is 1. The second-order valence-electron chi connectivity index (χ2n) is 11.3. The topological polar surface area (TPSA) is 88.4 Å². The van der Waals surface area contributed by atoms with Crippen molar-refractivity contribution in [3.05, 3.63) is 123 Å². The molecule has 1 unspecified atom stereocenters. The van der Waals surface area contributed by atoms with E-state index in [-0.39, 0.29) is 28.7 Å². The monoisotopic (exact) mass is 627 g/mol. The molecule has 1 N–H and O–H groups in total. The number of hydrogen-bond donors (Lipinski definition) is 1. The third-order valence-electron chi connectivity index (χ3n) is 7.56. The van der Waals surface area contributed by atoms with Gasteiger partial charge in [0.15, 0.2) is 5.82 Å². The number of benzene rings is 3. The van der Waals surface area contributed by atoms with E-state index in [2.05, 4.69) is 67.7 Å². The van der Waals surface area contributed by atoms with Gasteiger partial charge < -0.3 is 0 Å². The Morgan fingerprint density at radius 3 is 2.25 bits per heavy atom. The number of aromatic nitrogens is 2. The number of nitriles is 1. The summed E-state index contributed by atoms with van der Waals surface area (Å²) >= 11 is 12.5. The van der Waals surface area contributed by atoms with Crippen molar-refractivity contribution < 1.29 is 4.79 Å². The van der Waals surface area contributed by atoms with Gasteiger partial charge in [-0.3, -0.25) is 25.0 Å². The van der Waals surface area contributed by atoms with Crippen LogP contribution in [-0.4, -0.2) is 58.4 Å². The van der Waals surface area contributed by atoms with Gasteiger partial charge >= 0.3 is 0 Å². The maximum atomic E-state index is 13.2. The fourth-order valence-corrected chi connectivity index (χ4v) is 5.75. The van der Waals surface area contributed by atoms with Crippen LogP contribution in [0.4, 0.5) is 5.82 Å². The number of nitrogens with one attached hydrogen (secondary N) is 1. The van der Waals surface area contributed by atoms with Crippen molar-refractivity contribution in [2.75, 3.05) is 37.7 Å². The minimum atomic E-state index is -0.284. The van der Waals surface area contributed by atoms with Crippen LogP contribution in [0.2, 0.25) is 10.0 Å². The fraction of sp³-hybridized carbons (Fsp3) is 0.294. The van der Waals surface area contributed by atoms with Gasteiger partial charge in [-0.25, -0.2) is 4.98 Å². The van der Waals surface area contributed by atoms with Gasteiger partial charge in [-0.15, -0.1) is 0 Å². The molecular formula is C34H35Cl2N7O. The lowest BCUT2D eigenvalue weighted by Crippen LogP contribution is -2.47. The standard InChI is InChI=1S/C34H35Cl2N7O/c1-24(2)22-43(33-30(36)21-38-31(20-37)39-33)40-34(44)28-10-8-25(9-11-28)23-41-16-18-42(19-17-41)32(26-6-4-3-5-7-26)27-12-14-29(35)15-13-27/h3-15,21,24,32H,16-19,22-23H2,1-2H3,(H,40,44). The Labute approximate surface area is 268 Å². The van der Waals surface area contributed by atoms with Crippen molar-refractivity contribution in [1.29, 1.82) is 5.26 Å². The second-order valence-corrected chi connectivity index (χ2v) is 12.1. The molecule has 10 heteroatoms. The Hall–Kier alpha value is -4.00.